The predicted molar refractivity (Wildman–Crippen MR) is 92.0 cm³/mol. The third-order valence-corrected chi connectivity index (χ3v) is 4.78. The van der Waals surface area contributed by atoms with Gasteiger partial charge in [0.2, 0.25) is 0 Å². The molecule has 0 bridgehead atoms. The Morgan fingerprint density at radius 3 is 2.26 bits per heavy atom. The van der Waals surface area contributed by atoms with E-state index in [2.05, 4.69) is 12.1 Å². The van der Waals surface area contributed by atoms with Gasteiger partial charge in [-0.3, -0.25) is 0 Å². The summed E-state index contributed by atoms with van der Waals surface area (Å²) < 4.78 is 5.45. The number of nitrogens with one attached hydrogen (secondary N) is 1. The summed E-state index contributed by atoms with van der Waals surface area (Å²) in [6, 6.07) is 17.8. The zero-order valence-corrected chi connectivity index (χ0v) is 13.9. The minimum atomic E-state index is -0.537. The van der Waals surface area contributed by atoms with E-state index >= 15 is 0 Å². The number of hydrogen-bond donors (Lipinski definition) is 2. The van der Waals surface area contributed by atoms with E-state index < -0.39 is 6.10 Å². The van der Waals surface area contributed by atoms with Crippen molar-refractivity contribution >= 4 is 11.6 Å². The van der Waals surface area contributed by atoms with Gasteiger partial charge < -0.3 is 14.7 Å². The van der Waals surface area contributed by atoms with E-state index in [9.17, 15) is 5.11 Å². The average molecular weight is 333 g/mol. The zero-order chi connectivity index (χ0) is 16.1. The van der Waals surface area contributed by atoms with E-state index in [0.717, 1.165) is 38.4 Å². The molecule has 3 nitrogen and oxygen atoms in total. The predicted octanol–water partition coefficient (Wildman–Crippen LogP) is 2.07. The topological polar surface area (TPSA) is 33.9 Å². The van der Waals surface area contributed by atoms with Crippen molar-refractivity contribution in [2.24, 2.45) is 0 Å². The van der Waals surface area contributed by atoms with Crippen LogP contribution in [0.3, 0.4) is 0 Å². The molecule has 0 radical (unpaired) electrons. The lowest BCUT2D eigenvalue weighted by molar-refractivity contribution is -0.909. The molecule has 2 aromatic rings. The number of quaternary nitrogens is 1. The minimum Gasteiger partial charge on any atom is -0.388 e. The number of halogens is 1. The van der Waals surface area contributed by atoms with Gasteiger partial charge in [0.05, 0.1) is 31.8 Å². The second-order valence-electron chi connectivity index (χ2n) is 6.08. The van der Waals surface area contributed by atoms with Crippen LogP contribution in [0.1, 0.15) is 23.1 Å². The van der Waals surface area contributed by atoms with Crippen LogP contribution in [-0.2, 0) is 4.74 Å². The highest BCUT2D eigenvalue weighted by Crippen LogP contribution is 2.30. The molecule has 0 spiro atoms. The minimum absolute atomic E-state index is 0.0606. The van der Waals surface area contributed by atoms with Crippen molar-refractivity contribution in [2.45, 2.75) is 12.0 Å². The maximum Gasteiger partial charge on any atom is 0.101 e. The molecule has 0 aromatic heterocycles. The van der Waals surface area contributed by atoms with Crippen LogP contribution in [0.25, 0.3) is 0 Å². The van der Waals surface area contributed by atoms with Crippen molar-refractivity contribution < 1.29 is 14.7 Å². The van der Waals surface area contributed by atoms with Crippen molar-refractivity contribution in [1.82, 2.24) is 0 Å². The highest BCUT2D eigenvalue weighted by molar-refractivity contribution is 6.30. The number of ether oxygens (including phenoxy) is 1. The van der Waals surface area contributed by atoms with Gasteiger partial charge in [0, 0.05) is 5.02 Å². The summed E-state index contributed by atoms with van der Waals surface area (Å²) in [7, 11) is 0. The smallest absolute Gasteiger partial charge is 0.101 e. The summed E-state index contributed by atoms with van der Waals surface area (Å²) >= 11 is 5.97. The van der Waals surface area contributed by atoms with Gasteiger partial charge in [-0.1, -0.05) is 54.1 Å². The molecule has 1 aliphatic rings. The first-order chi connectivity index (χ1) is 11.2. The maximum absolute atomic E-state index is 11.0. The lowest BCUT2D eigenvalue weighted by Gasteiger charge is -2.30. The standard InChI is InChI=1S/C19H22ClNO2/c20-17-8-6-16(7-9-17)19(22)18(15-4-2-1-3-5-15)14-21-10-12-23-13-11-21/h1-9,18-19,22H,10-14H2/p+1/t18-,19+/m1/s1. The molecule has 4 heteroatoms. The molecule has 2 atom stereocenters. The zero-order valence-electron chi connectivity index (χ0n) is 13.1. The molecular weight excluding hydrogens is 310 g/mol. The molecule has 0 amide bonds. The van der Waals surface area contributed by atoms with E-state index in [1.165, 1.54) is 10.5 Å². The highest BCUT2D eigenvalue weighted by atomic mass is 35.5. The molecule has 0 unspecified atom stereocenters. The molecule has 0 aliphatic carbocycles. The maximum atomic E-state index is 11.0. The van der Waals surface area contributed by atoms with Crippen molar-refractivity contribution in [1.29, 1.82) is 0 Å². The van der Waals surface area contributed by atoms with Crippen LogP contribution in [-0.4, -0.2) is 38.0 Å². The monoisotopic (exact) mass is 332 g/mol. The molecule has 122 valence electrons. The Kier molecular flexibility index (Phi) is 5.68. The van der Waals surface area contributed by atoms with Crippen molar-refractivity contribution in [2.75, 3.05) is 32.8 Å². The van der Waals surface area contributed by atoms with Crippen molar-refractivity contribution in [3.05, 3.63) is 70.7 Å². The largest absolute Gasteiger partial charge is 0.388 e. The molecule has 0 saturated carbocycles. The molecule has 2 aromatic carbocycles. The molecule has 1 saturated heterocycles. The molecule has 23 heavy (non-hydrogen) atoms. The van der Waals surface area contributed by atoms with Gasteiger partial charge in [0.25, 0.3) is 0 Å². The Morgan fingerprint density at radius 2 is 1.61 bits per heavy atom. The summed E-state index contributed by atoms with van der Waals surface area (Å²) in [4.78, 5) is 1.48. The molecule has 3 rings (SSSR count). The first-order valence-corrected chi connectivity index (χ1v) is 8.51. The van der Waals surface area contributed by atoms with E-state index in [0.29, 0.717) is 5.02 Å². The van der Waals surface area contributed by atoms with Gasteiger partial charge >= 0.3 is 0 Å². The van der Waals surface area contributed by atoms with Crippen molar-refractivity contribution in [3.8, 4) is 0 Å². The molecule has 1 heterocycles. The second kappa shape index (κ2) is 7.93. The lowest BCUT2D eigenvalue weighted by Crippen LogP contribution is -3.14. The number of hydrogen-bond acceptors (Lipinski definition) is 2. The van der Waals surface area contributed by atoms with Crippen LogP contribution >= 0.6 is 11.6 Å². The SMILES string of the molecule is O[C@@H](c1ccc(Cl)cc1)[C@H](C[NH+]1CCOCC1)c1ccccc1. The number of morpholine rings is 1. The Balaban J connectivity index is 1.83. The summed E-state index contributed by atoms with van der Waals surface area (Å²) in [6.07, 6.45) is -0.537. The van der Waals surface area contributed by atoms with Crippen LogP contribution in [0, 0.1) is 0 Å². The summed E-state index contributed by atoms with van der Waals surface area (Å²) in [6.45, 7) is 4.49. The summed E-state index contributed by atoms with van der Waals surface area (Å²) in [5, 5.41) is 11.7. The lowest BCUT2D eigenvalue weighted by atomic mass is 9.88. The van der Waals surface area contributed by atoms with Gasteiger partial charge in [0.15, 0.2) is 0 Å². The number of rotatable bonds is 5. The Morgan fingerprint density at radius 1 is 0.957 bits per heavy atom. The fourth-order valence-electron chi connectivity index (χ4n) is 3.18. The van der Waals surface area contributed by atoms with Crippen LogP contribution in [0.2, 0.25) is 5.02 Å². The highest BCUT2D eigenvalue weighted by Gasteiger charge is 2.28. The first-order valence-electron chi connectivity index (χ1n) is 8.14. The quantitative estimate of drug-likeness (QED) is 0.879. The van der Waals surface area contributed by atoms with Crippen LogP contribution < -0.4 is 4.90 Å². The third-order valence-electron chi connectivity index (χ3n) is 4.53. The van der Waals surface area contributed by atoms with E-state index in [-0.39, 0.29) is 5.92 Å². The molecule has 1 aliphatic heterocycles. The molecular formula is C19H23ClNO2+. The number of aliphatic hydroxyl groups is 1. The van der Waals surface area contributed by atoms with Gasteiger partial charge in [-0.15, -0.1) is 0 Å². The first kappa shape index (κ1) is 16.5. The molecule has 1 fully saturated rings. The van der Waals surface area contributed by atoms with E-state index in [4.69, 9.17) is 16.3 Å². The van der Waals surface area contributed by atoms with Gasteiger partial charge in [0.1, 0.15) is 13.1 Å². The van der Waals surface area contributed by atoms with Gasteiger partial charge in [-0.25, -0.2) is 0 Å². The second-order valence-corrected chi connectivity index (χ2v) is 6.52. The number of benzene rings is 2. The Labute approximate surface area is 142 Å². The van der Waals surface area contributed by atoms with Crippen LogP contribution in [0.5, 0.6) is 0 Å². The van der Waals surface area contributed by atoms with Crippen LogP contribution in [0.4, 0.5) is 0 Å². The average Bonchev–Trinajstić information content (AvgIpc) is 2.61. The van der Waals surface area contributed by atoms with Gasteiger partial charge in [-0.05, 0) is 23.3 Å². The van der Waals surface area contributed by atoms with Crippen molar-refractivity contribution in [3.63, 3.8) is 0 Å². The third kappa shape index (κ3) is 4.33. The fourth-order valence-corrected chi connectivity index (χ4v) is 3.31. The van der Waals surface area contributed by atoms with Crippen LogP contribution in [0.15, 0.2) is 54.6 Å². The van der Waals surface area contributed by atoms with E-state index in [1.807, 2.05) is 42.5 Å². The van der Waals surface area contributed by atoms with E-state index in [1.54, 1.807) is 0 Å². The number of aliphatic hydroxyl groups excluding tert-OH is 1. The summed E-state index contributed by atoms with van der Waals surface area (Å²) in [5.74, 6) is 0.0606. The normalized spacial score (nSPS) is 18.5. The Hall–Kier alpha value is -1.39. The molecule has 2 N–H and O–H groups in total. The Bertz CT molecular complexity index is 597. The fraction of sp³-hybridized carbons (Fsp3) is 0.368. The van der Waals surface area contributed by atoms with Gasteiger partial charge in [-0.2, -0.15) is 0 Å². The summed E-state index contributed by atoms with van der Waals surface area (Å²) in [5.41, 5.74) is 2.09.